The Balaban J connectivity index is 2.11. The van der Waals surface area contributed by atoms with Gasteiger partial charge in [-0.05, 0) is 23.5 Å². The third kappa shape index (κ3) is 4.31. The lowest BCUT2D eigenvalue weighted by Crippen LogP contribution is -2.33. The summed E-state index contributed by atoms with van der Waals surface area (Å²) in [7, 11) is 1.63. The largest absolute Gasteiger partial charge is 0.490 e. The van der Waals surface area contributed by atoms with Crippen LogP contribution in [-0.4, -0.2) is 41.0 Å². The maximum absolute atomic E-state index is 12.4. The predicted octanol–water partition coefficient (Wildman–Crippen LogP) is 3.82. The molecule has 2 aromatic heterocycles. The highest BCUT2D eigenvalue weighted by molar-refractivity contribution is 6.31. The Hall–Kier alpha value is -2.38. The fourth-order valence-electron chi connectivity index (χ4n) is 3.56. The molecular weight excluding hydrogens is 396 g/mol. The molecule has 1 aliphatic heterocycles. The monoisotopic (exact) mass is 420 g/mol. The molecule has 0 saturated heterocycles. The summed E-state index contributed by atoms with van der Waals surface area (Å²) in [4.78, 5) is 28.3. The molecule has 2 aromatic rings. The molecule has 0 radical (unpaired) electrons. The molecule has 0 fully saturated rings. The van der Waals surface area contributed by atoms with Crippen LogP contribution in [0, 0.1) is 5.41 Å². The second kappa shape index (κ2) is 8.16. The second-order valence-corrected chi connectivity index (χ2v) is 8.57. The van der Waals surface area contributed by atoms with Crippen molar-refractivity contribution in [2.24, 2.45) is 5.41 Å². The number of hydrogen-bond acceptors (Lipinski definition) is 5. The van der Waals surface area contributed by atoms with Crippen LogP contribution in [-0.2, 0) is 11.2 Å². The first-order valence-corrected chi connectivity index (χ1v) is 9.82. The van der Waals surface area contributed by atoms with Crippen LogP contribution in [0.3, 0.4) is 0 Å². The van der Waals surface area contributed by atoms with Crippen molar-refractivity contribution in [3.8, 4) is 17.1 Å². The van der Waals surface area contributed by atoms with Gasteiger partial charge < -0.3 is 19.1 Å². The van der Waals surface area contributed by atoms with Crippen molar-refractivity contribution >= 4 is 17.6 Å². The Morgan fingerprint density at radius 1 is 1.34 bits per heavy atom. The van der Waals surface area contributed by atoms with Crippen LogP contribution >= 0.6 is 11.6 Å². The molecule has 3 rings (SSSR count). The van der Waals surface area contributed by atoms with Crippen LogP contribution in [0.2, 0.25) is 5.15 Å². The number of carboxylic acid groups (broad SMARTS) is 1. The van der Waals surface area contributed by atoms with Crippen LogP contribution in [0.4, 0.5) is 0 Å². The molecule has 1 aliphatic rings. The molecule has 0 spiro atoms. The summed E-state index contributed by atoms with van der Waals surface area (Å²) < 4.78 is 12.6. The molecule has 156 valence electrons. The molecule has 0 bridgehead atoms. The first-order chi connectivity index (χ1) is 13.6. The van der Waals surface area contributed by atoms with Gasteiger partial charge in [0.05, 0.1) is 18.0 Å². The van der Waals surface area contributed by atoms with Crippen molar-refractivity contribution in [1.29, 1.82) is 0 Å². The smallest absolute Gasteiger partial charge is 0.341 e. The van der Waals surface area contributed by atoms with Gasteiger partial charge in [-0.3, -0.25) is 4.79 Å². The van der Waals surface area contributed by atoms with E-state index in [4.69, 9.17) is 21.1 Å². The Bertz CT molecular complexity index is 994. The third-order valence-electron chi connectivity index (χ3n) is 5.07. The highest BCUT2D eigenvalue weighted by Crippen LogP contribution is 2.43. The van der Waals surface area contributed by atoms with E-state index in [1.54, 1.807) is 7.11 Å². The molecule has 7 nitrogen and oxygen atoms in total. The minimum Gasteiger partial charge on any atom is -0.490 e. The second-order valence-electron chi connectivity index (χ2n) is 8.21. The van der Waals surface area contributed by atoms with E-state index in [9.17, 15) is 14.7 Å². The molecule has 8 heteroatoms. The summed E-state index contributed by atoms with van der Waals surface area (Å²) in [5.41, 5.74) is 1.06. The first-order valence-electron chi connectivity index (χ1n) is 9.44. The van der Waals surface area contributed by atoms with Gasteiger partial charge in [-0.1, -0.05) is 32.4 Å². The highest BCUT2D eigenvalue weighted by atomic mass is 35.5. The van der Waals surface area contributed by atoms with Crippen molar-refractivity contribution in [3.63, 3.8) is 0 Å². The van der Waals surface area contributed by atoms with Crippen molar-refractivity contribution in [3.05, 3.63) is 44.8 Å². The number of nitrogens with zero attached hydrogens (tertiary/aromatic N) is 2. The van der Waals surface area contributed by atoms with Gasteiger partial charge >= 0.3 is 5.97 Å². The number of hydrogen-bond donors (Lipinski definition) is 1. The Morgan fingerprint density at radius 2 is 2.07 bits per heavy atom. The molecule has 0 aromatic carbocycles. The average molecular weight is 421 g/mol. The van der Waals surface area contributed by atoms with Crippen molar-refractivity contribution < 1.29 is 19.4 Å². The lowest BCUT2D eigenvalue weighted by Gasteiger charge is -2.38. The Kier molecular flexibility index (Phi) is 6.00. The maximum Gasteiger partial charge on any atom is 0.341 e. The Labute approximate surface area is 174 Å². The normalized spacial score (nSPS) is 15.6. The minimum atomic E-state index is -1.24. The van der Waals surface area contributed by atoms with E-state index < -0.39 is 11.4 Å². The van der Waals surface area contributed by atoms with Crippen molar-refractivity contribution in [2.75, 3.05) is 20.3 Å². The number of aromatic carboxylic acids is 1. The summed E-state index contributed by atoms with van der Waals surface area (Å²) in [6, 6.07) is 3.14. The standard InChI is InChI=1S/C21H25ClN2O5/c1-21(2,3)17-9-12-8-16(29-7-5-6-28-4)19(22)23-18(12)14-10-15(25)13(20(26)27)11-24(14)17/h8,10-11,17H,5-7,9H2,1-4H3,(H,26,27)/t17-/m0/s1. The molecule has 0 amide bonds. The van der Waals surface area contributed by atoms with Crippen molar-refractivity contribution in [1.82, 2.24) is 9.55 Å². The zero-order valence-corrected chi connectivity index (χ0v) is 17.7. The van der Waals surface area contributed by atoms with Gasteiger partial charge in [-0.25, -0.2) is 9.78 Å². The predicted molar refractivity (Wildman–Crippen MR) is 110 cm³/mol. The number of ether oxygens (including phenoxy) is 2. The molecule has 0 aliphatic carbocycles. The van der Waals surface area contributed by atoms with E-state index in [1.807, 2.05) is 10.6 Å². The highest BCUT2D eigenvalue weighted by Gasteiger charge is 2.34. The summed E-state index contributed by atoms with van der Waals surface area (Å²) in [5.74, 6) is -0.748. The van der Waals surface area contributed by atoms with E-state index >= 15 is 0 Å². The van der Waals surface area contributed by atoms with Crippen LogP contribution in [0.1, 0.15) is 49.2 Å². The van der Waals surface area contributed by atoms with E-state index in [-0.39, 0.29) is 22.2 Å². The number of pyridine rings is 2. The van der Waals surface area contributed by atoms with Crippen LogP contribution in [0.25, 0.3) is 11.4 Å². The average Bonchev–Trinajstić information content (AvgIpc) is 2.63. The van der Waals surface area contributed by atoms with E-state index in [1.165, 1.54) is 12.3 Å². The topological polar surface area (TPSA) is 90.7 Å². The summed E-state index contributed by atoms with van der Waals surface area (Å²) in [6.45, 7) is 7.28. The number of carbonyl (C=O) groups is 1. The molecule has 29 heavy (non-hydrogen) atoms. The van der Waals surface area contributed by atoms with Gasteiger partial charge in [0, 0.05) is 38.4 Å². The van der Waals surface area contributed by atoms with Crippen LogP contribution in [0.5, 0.6) is 5.75 Å². The van der Waals surface area contributed by atoms with Gasteiger partial charge in [0.15, 0.2) is 16.3 Å². The van der Waals surface area contributed by atoms with Crippen LogP contribution in [0.15, 0.2) is 23.1 Å². The fourth-order valence-corrected chi connectivity index (χ4v) is 3.76. The number of halogens is 1. The van der Waals surface area contributed by atoms with Gasteiger partial charge in [0.1, 0.15) is 5.56 Å². The van der Waals surface area contributed by atoms with Gasteiger partial charge in [0.2, 0.25) is 0 Å². The summed E-state index contributed by atoms with van der Waals surface area (Å²) in [5, 5.41) is 9.58. The third-order valence-corrected chi connectivity index (χ3v) is 5.35. The summed E-state index contributed by atoms with van der Waals surface area (Å²) in [6.07, 6.45) is 2.76. The number of carboxylic acids is 1. The molecule has 3 heterocycles. The molecule has 1 N–H and O–H groups in total. The quantitative estimate of drug-likeness (QED) is 0.564. The van der Waals surface area contributed by atoms with Crippen molar-refractivity contribution in [2.45, 2.75) is 39.7 Å². The lowest BCUT2D eigenvalue weighted by atomic mass is 9.80. The Morgan fingerprint density at radius 3 is 2.69 bits per heavy atom. The lowest BCUT2D eigenvalue weighted by molar-refractivity contribution is 0.0693. The number of rotatable bonds is 6. The molecule has 0 saturated carbocycles. The zero-order valence-electron chi connectivity index (χ0n) is 17.0. The first kappa shape index (κ1) is 21.3. The summed E-state index contributed by atoms with van der Waals surface area (Å²) >= 11 is 6.34. The van der Waals surface area contributed by atoms with Gasteiger partial charge in [-0.15, -0.1) is 0 Å². The van der Waals surface area contributed by atoms with Gasteiger partial charge in [-0.2, -0.15) is 0 Å². The molecule has 0 unspecified atom stereocenters. The molecular formula is C21H25ClN2O5. The number of fused-ring (bicyclic) bond motifs is 3. The zero-order chi connectivity index (χ0) is 21.3. The van der Waals surface area contributed by atoms with Crippen LogP contribution < -0.4 is 10.2 Å². The van der Waals surface area contributed by atoms with E-state index in [0.717, 1.165) is 12.0 Å². The maximum atomic E-state index is 12.4. The SMILES string of the molecule is COCCCOc1cc2c(nc1Cl)-c1cc(=O)c(C(=O)O)cn1[C@H](C(C)(C)C)C2. The molecule has 1 atom stereocenters. The fraction of sp³-hybridized carbons (Fsp3) is 0.476. The van der Waals surface area contributed by atoms with E-state index in [2.05, 4.69) is 25.8 Å². The minimum absolute atomic E-state index is 0.0620. The van der Waals surface area contributed by atoms with E-state index in [0.29, 0.717) is 36.8 Å². The van der Waals surface area contributed by atoms with Gasteiger partial charge in [0.25, 0.3) is 0 Å². The number of aromatic nitrogens is 2. The number of methoxy groups -OCH3 is 1.